The molecular weight excluding hydrogens is 324 g/mol. The second-order valence-electron chi connectivity index (χ2n) is 5.22. The summed E-state index contributed by atoms with van der Waals surface area (Å²) in [6.45, 7) is 0.0520. The fourth-order valence-electron chi connectivity index (χ4n) is 2.23. The van der Waals surface area contributed by atoms with Gasteiger partial charge in [0.05, 0.1) is 16.2 Å². The Kier molecular flexibility index (Phi) is 4.42. The van der Waals surface area contributed by atoms with E-state index < -0.39 is 10.9 Å². The van der Waals surface area contributed by atoms with Gasteiger partial charge in [-0.25, -0.2) is 9.48 Å². The summed E-state index contributed by atoms with van der Waals surface area (Å²) in [5.74, 6) is -0.653. The molecule has 25 heavy (non-hydrogen) atoms. The maximum Gasteiger partial charge on any atom is 0.338 e. The average molecular weight is 338 g/mol. The molecular formula is C17H14N4O4. The SMILES string of the molecule is Nc1ccc(C(=O)OCc2ccc(-n3cccn3)cc2)cc1[N+](=O)[O-]. The number of ether oxygens (including phenoxy) is 1. The van der Waals surface area contributed by atoms with Crippen LogP contribution in [0, 0.1) is 10.1 Å². The van der Waals surface area contributed by atoms with Crippen LogP contribution < -0.4 is 5.73 Å². The van der Waals surface area contributed by atoms with Gasteiger partial charge in [-0.1, -0.05) is 12.1 Å². The number of nitrogens with zero attached hydrogens (tertiary/aromatic N) is 3. The van der Waals surface area contributed by atoms with Crippen LogP contribution in [0.4, 0.5) is 11.4 Å². The van der Waals surface area contributed by atoms with Crippen molar-refractivity contribution in [3.05, 3.63) is 82.2 Å². The molecule has 0 unspecified atom stereocenters. The highest BCUT2D eigenvalue weighted by atomic mass is 16.6. The number of carbonyl (C=O) groups is 1. The second kappa shape index (κ2) is 6.83. The third-order valence-electron chi connectivity index (χ3n) is 3.54. The summed E-state index contributed by atoms with van der Waals surface area (Å²) < 4.78 is 6.91. The van der Waals surface area contributed by atoms with Gasteiger partial charge in [-0.2, -0.15) is 5.10 Å². The first kappa shape index (κ1) is 16.2. The predicted octanol–water partition coefficient (Wildman–Crippen LogP) is 2.72. The Bertz CT molecular complexity index is 905. The van der Waals surface area contributed by atoms with Crippen molar-refractivity contribution in [1.82, 2.24) is 9.78 Å². The number of nitro benzene ring substituents is 1. The van der Waals surface area contributed by atoms with Gasteiger partial charge in [-0.05, 0) is 35.9 Å². The standard InChI is InChI=1S/C17H14N4O4/c18-15-7-4-13(10-16(15)21(23)24)17(22)25-11-12-2-5-14(6-3-12)20-9-1-8-19-20/h1-10H,11,18H2. The molecule has 8 heteroatoms. The Hall–Kier alpha value is -3.68. The third kappa shape index (κ3) is 3.63. The van der Waals surface area contributed by atoms with Gasteiger partial charge in [0.15, 0.2) is 0 Å². The van der Waals surface area contributed by atoms with E-state index in [1.165, 1.54) is 12.1 Å². The van der Waals surface area contributed by atoms with Crippen LogP contribution in [0.3, 0.4) is 0 Å². The minimum atomic E-state index is -0.653. The van der Waals surface area contributed by atoms with Crippen LogP contribution in [0.1, 0.15) is 15.9 Å². The van der Waals surface area contributed by atoms with E-state index in [2.05, 4.69) is 5.10 Å². The molecule has 3 rings (SSSR count). The lowest BCUT2D eigenvalue weighted by atomic mass is 10.1. The number of anilines is 1. The van der Waals surface area contributed by atoms with E-state index in [1.807, 2.05) is 36.5 Å². The monoisotopic (exact) mass is 338 g/mol. The van der Waals surface area contributed by atoms with Crippen LogP contribution >= 0.6 is 0 Å². The van der Waals surface area contributed by atoms with Crippen LogP contribution in [0.25, 0.3) is 5.69 Å². The minimum absolute atomic E-state index is 0.00393. The number of aromatic nitrogens is 2. The predicted molar refractivity (Wildman–Crippen MR) is 90.2 cm³/mol. The van der Waals surface area contributed by atoms with E-state index in [0.717, 1.165) is 17.3 Å². The molecule has 0 radical (unpaired) electrons. The van der Waals surface area contributed by atoms with E-state index in [4.69, 9.17) is 10.5 Å². The first-order valence-electron chi connectivity index (χ1n) is 7.34. The van der Waals surface area contributed by atoms with E-state index in [9.17, 15) is 14.9 Å². The molecule has 1 heterocycles. The number of hydrogen-bond acceptors (Lipinski definition) is 6. The van der Waals surface area contributed by atoms with Gasteiger partial charge in [-0.15, -0.1) is 0 Å². The Morgan fingerprint density at radius 1 is 1.24 bits per heavy atom. The van der Waals surface area contributed by atoms with E-state index in [1.54, 1.807) is 10.9 Å². The maximum absolute atomic E-state index is 12.1. The summed E-state index contributed by atoms with van der Waals surface area (Å²) in [6, 6.07) is 13.0. The summed E-state index contributed by atoms with van der Waals surface area (Å²) in [6.07, 6.45) is 3.50. The quantitative estimate of drug-likeness (QED) is 0.331. The number of rotatable bonds is 5. The molecule has 0 aliphatic rings. The largest absolute Gasteiger partial charge is 0.457 e. The Balaban J connectivity index is 1.66. The third-order valence-corrected chi connectivity index (χ3v) is 3.54. The van der Waals surface area contributed by atoms with Crippen LogP contribution in [0.5, 0.6) is 0 Å². The molecule has 0 amide bonds. The molecule has 0 aliphatic carbocycles. The highest BCUT2D eigenvalue weighted by molar-refractivity contribution is 5.91. The summed E-state index contributed by atoms with van der Waals surface area (Å²) >= 11 is 0. The molecule has 0 bridgehead atoms. The lowest BCUT2D eigenvalue weighted by Crippen LogP contribution is -2.07. The number of nitrogen functional groups attached to an aromatic ring is 1. The van der Waals surface area contributed by atoms with Crippen molar-refractivity contribution in [1.29, 1.82) is 0 Å². The fourth-order valence-corrected chi connectivity index (χ4v) is 2.23. The van der Waals surface area contributed by atoms with Gasteiger partial charge >= 0.3 is 5.97 Å². The highest BCUT2D eigenvalue weighted by Gasteiger charge is 2.16. The van der Waals surface area contributed by atoms with Crippen molar-refractivity contribution in [2.45, 2.75) is 6.61 Å². The summed E-state index contributed by atoms with van der Waals surface area (Å²) in [5.41, 5.74) is 6.93. The minimum Gasteiger partial charge on any atom is -0.457 e. The molecule has 3 aromatic rings. The zero-order chi connectivity index (χ0) is 17.8. The van der Waals surface area contributed by atoms with Gasteiger partial charge in [0.25, 0.3) is 5.69 Å². The van der Waals surface area contributed by atoms with Crippen molar-refractivity contribution in [2.24, 2.45) is 0 Å². The van der Waals surface area contributed by atoms with Crippen LogP contribution in [-0.4, -0.2) is 20.7 Å². The van der Waals surface area contributed by atoms with E-state index in [-0.39, 0.29) is 23.5 Å². The van der Waals surface area contributed by atoms with Crippen LogP contribution in [-0.2, 0) is 11.3 Å². The first-order valence-corrected chi connectivity index (χ1v) is 7.34. The Labute approximate surface area is 142 Å². The second-order valence-corrected chi connectivity index (χ2v) is 5.22. The fraction of sp³-hybridized carbons (Fsp3) is 0.0588. The maximum atomic E-state index is 12.1. The molecule has 8 nitrogen and oxygen atoms in total. The Morgan fingerprint density at radius 3 is 2.64 bits per heavy atom. The van der Waals surface area contributed by atoms with Gasteiger partial charge in [0, 0.05) is 18.5 Å². The molecule has 1 aromatic heterocycles. The summed E-state index contributed by atoms with van der Waals surface area (Å²) in [7, 11) is 0. The van der Waals surface area contributed by atoms with Crippen molar-refractivity contribution in [2.75, 3.05) is 5.73 Å². The molecule has 2 N–H and O–H groups in total. The zero-order valence-electron chi connectivity index (χ0n) is 13.0. The number of nitrogens with two attached hydrogens (primary N) is 1. The smallest absolute Gasteiger partial charge is 0.338 e. The molecule has 0 aliphatic heterocycles. The van der Waals surface area contributed by atoms with Gasteiger partial charge < -0.3 is 10.5 Å². The summed E-state index contributed by atoms with van der Waals surface area (Å²) in [4.78, 5) is 22.3. The molecule has 0 saturated carbocycles. The highest BCUT2D eigenvalue weighted by Crippen LogP contribution is 2.23. The average Bonchev–Trinajstić information content (AvgIpc) is 3.15. The van der Waals surface area contributed by atoms with Crippen molar-refractivity contribution in [3.63, 3.8) is 0 Å². The number of hydrogen-bond donors (Lipinski definition) is 1. The molecule has 0 saturated heterocycles. The number of carbonyl (C=O) groups excluding carboxylic acids is 1. The first-order chi connectivity index (χ1) is 12.0. The molecule has 0 atom stereocenters. The molecule has 2 aromatic carbocycles. The molecule has 126 valence electrons. The van der Waals surface area contributed by atoms with Crippen molar-refractivity contribution >= 4 is 17.3 Å². The zero-order valence-corrected chi connectivity index (χ0v) is 13.0. The van der Waals surface area contributed by atoms with E-state index >= 15 is 0 Å². The van der Waals surface area contributed by atoms with Crippen molar-refractivity contribution < 1.29 is 14.5 Å². The number of nitro groups is 1. The normalized spacial score (nSPS) is 10.4. The van der Waals surface area contributed by atoms with Crippen LogP contribution in [0.2, 0.25) is 0 Å². The van der Waals surface area contributed by atoms with Crippen molar-refractivity contribution in [3.8, 4) is 5.69 Å². The molecule has 0 spiro atoms. The number of benzene rings is 2. The lowest BCUT2D eigenvalue weighted by Gasteiger charge is -2.07. The van der Waals surface area contributed by atoms with Crippen LogP contribution in [0.15, 0.2) is 60.9 Å². The molecule has 0 fully saturated rings. The van der Waals surface area contributed by atoms with Gasteiger partial charge in [-0.3, -0.25) is 10.1 Å². The van der Waals surface area contributed by atoms with Gasteiger partial charge in [0.2, 0.25) is 0 Å². The topological polar surface area (TPSA) is 113 Å². The Morgan fingerprint density at radius 2 is 2.00 bits per heavy atom. The van der Waals surface area contributed by atoms with Gasteiger partial charge in [0.1, 0.15) is 12.3 Å². The van der Waals surface area contributed by atoms with E-state index in [0.29, 0.717) is 0 Å². The summed E-state index contributed by atoms with van der Waals surface area (Å²) in [5, 5.41) is 15.0. The lowest BCUT2D eigenvalue weighted by molar-refractivity contribution is -0.383. The number of esters is 1.